The molecule has 0 saturated carbocycles. The van der Waals surface area contributed by atoms with Crippen LogP contribution in [0.2, 0.25) is 0 Å². The fourth-order valence-corrected chi connectivity index (χ4v) is 1.90. The molecule has 0 saturated heterocycles. The van der Waals surface area contributed by atoms with Gasteiger partial charge in [-0.2, -0.15) is 13.2 Å². The Hall–Kier alpha value is -1.72. The van der Waals surface area contributed by atoms with Gasteiger partial charge in [-0.3, -0.25) is 4.79 Å². The van der Waals surface area contributed by atoms with Crippen molar-refractivity contribution in [3.63, 3.8) is 0 Å². The van der Waals surface area contributed by atoms with Crippen LogP contribution in [-0.2, 0) is 6.42 Å². The second-order valence-electron chi connectivity index (χ2n) is 5.07. The maximum atomic E-state index is 12.4. The lowest BCUT2D eigenvalue weighted by Crippen LogP contribution is -2.23. The molecule has 2 N–H and O–H groups in total. The van der Waals surface area contributed by atoms with E-state index in [4.69, 9.17) is 0 Å². The minimum absolute atomic E-state index is 0.0132. The molecule has 1 aromatic rings. The molecular formula is C14H17F3O3. The molecule has 0 aliphatic heterocycles. The van der Waals surface area contributed by atoms with E-state index < -0.39 is 23.3 Å². The zero-order valence-corrected chi connectivity index (χ0v) is 11.3. The highest BCUT2D eigenvalue weighted by Crippen LogP contribution is 2.35. The Bertz CT molecular complexity index is 493. The van der Waals surface area contributed by atoms with Crippen LogP contribution in [-0.4, -0.2) is 22.2 Å². The van der Waals surface area contributed by atoms with Crippen LogP contribution in [0.5, 0.6) is 11.5 Å². The molecule has 0 aliphatic carbocycles. The van der Waals surface area contributed by atoms with Crippen molar-refractivity contribution in [3.8, 4) is 11.5 Å². The Kier molecular flexibility index (Phi) is 5.03. The van der Waals surface area contributed by atoms with E-state index in [2.05, 4.69) is 0 Å². The number of rotatable bonds is 5. The Morgan fingerprint density at radius 1 is 1.25 bits per heavy atom. The minimum atomic E-state index is -5.05. The van der Waals surface area contributed by atoms with Crippen LogP contribution in [0.4, 0.5) is 13.2 Å². The third kappa shape index (κ3) is 3.88. The van der Waals surface area contributed by atoms with Crippen LogP contribution < -0.4 is 0 Å². The van der Waals surface area contributed by atoms with Crippen LogP contribution in [0.3, 0.4) is 0 Å². The van der Waals surface area contributed by atoms with Gasteiger partial charge >= 0.3 is 6.18 Å². The van der Waals surface area contributed by atoms with Crippen molar-refractivity contribution in [3.05, 3.63) is 23.3 Å². The van der Waals surface area contributed by atoms with E-state index in [1.165, 1.54) is 0 Å². The van der Waals surface area contributed by atoms with E-state index in [-0.39, 0.29) is 17.7 Å². The molecule has 0 spiro atoms. The summed E-state index contributed by atoms with van der Waals surface area (Å²) in [4.78, 5) is 11.2. The summed E-state index contributed by atoms with van der Waals surface area (Å²) in [5.41, 5.74) is -0.837. The Labute approximate surface area is 115 Å². The Morgan fingerprint density at radius 3 is 2.35 bits per heavy atom. The van der Waals surface area contributed by atoms with Crippen molar-refractivity contribution >= 4 is 5.78 Å². The standard InChI is InChI=1S/C14H17F3O3/c1-8(2)4-3-5-9-11(18)7-6-10(12(9)19)13(20)14(15,16)17/h6-8,18-19H,3-5H2,1-2H3. The number of halogens is 3. The minimum Gasteiger partial charge on any atom is -0.508 e. The fourth-order valence-electron chi connectivity index (χ4n) is 1.90. The van der Waals surface area contributed by atoms with E-state index in [1.54, 1.807) is 0 Å². The average molecular weight is 290 g/mol. The maximum absolute atomic E-state index is 12.4. The molecule has 0 heterocycles. The first kappa shape index (κ1) is 16.3. The second-order valence-corrected chi connectivity index (χ2v) is 5.07. The van der Waals surface area contributed by atoms with Gasteiger partial charge in [0, 0.05) is 5.56 Å². The number of Topliss-reactive ketones (excluding diaryl/α,β-unsaturated/α-hetero) is 1. The number of carbonyl (C=O) groups is 1. The quantitative estimate of drug-likeness (QED) is 0.810. The Balaban J connectivity index is 3.04. The lowest BCUT2D eigenvalue weighted by Gasteiger charge is -2.13. The number of aromatic hydroxyl groups is 2. The second kappa shape index (κ2) is 6.15. The normalized spacial score (nSPS) is 11.9. The maximum Gasteiger partial charge on any atom is 0.455 e. The molecule has 0 aliphatic rings. The van der Waals surface area contributed by atoms with Gasteiger partial charge < -0.3 is 10.2 Å². The number of phenols is 2. The van der Waals surface area contributed by atoms with E-state index in [0.29, 0.717) is 12.3 Å². The van der Waals surface area contributed by atoms with Crippen LogP contribution in [0.25, 0.3) is 0 Å². The van der Waals surface area contributed by atoms with Crippen molar-refractivity contribution in [2.75, 3.05) is 0 Å². The first-order chi connectivity index (χ1) is 9.14. The monoisotopic (exact) mass is 290 g/mol. The van der Waals surface area contributed by atoms with Crippen LogP contribution in [0.15, 0.2) is 12.1 Å². The average Bonchev–Trinajstić information content (AvgIpc) is 2.31. The van der Waals surface area contributed by atoms with Gasteiger partial charge in [-0.1, -0.05) is 20.3 Å². The van der Waals surface area contributed by atoms with Gasteiger partial charge in [0.15, 0.2) is 0 Å². The third-order valence-corrected chi connectivity index (χ3v) is 2.97. The SMILES string of the molecule is CC(C)CCCc1c(O)ccc(C(=O)C(F)(F)F)c1O. The molecule has 20 heavy (non-hydrogen) atoms. The van der Waals surface area contributed by atoms with Gasteiger partial charge in [0.2, 0.25) is 0 Å². The highest BCUT2D eigenvalue weighted by molar-refractivity contribution is 6.03. The summed E-state index contributed by atoms with van der Waals surface area (Å²) in [7, 11) is 0. The largest absolute Gasteiger partial charge is 0.508 e. The van der Waals surface area contributed by atoms with Gasteiger partial charge in [-0.25, -0.2) is 0 Å². The van der Waals surface area contributed by atoms with E-state index in [1.807, 2.05) is 13.8 Å². The first-order valence-corrected chi connectivity index (χ1v) is 6.30. The Morgan fingerprint density at radius 2 is 1.85 bits per heavy atom. The molecule has 0 unspecified atom stereocenters. The summed E-state index contributed by atoms with van der Waals surface area (Å²) in [5.74, 6) is -2.79. The summed E-state index contributed by atoms with van der Waals surface area (Å²) < 4.78 is 37.1. The van der Waals surface area contributed by atoms with Crippen molar-refractivity contribution in [1.29, 1.82) is 0 Å². The van der Waals surface area contributed by atoms with Crippen molar-refractivity contribution in [2.45, 2.75) is 39.3 Å². The predicted molar refractivity (Wildman–Crippen MR) is 67.9 cm³/mol. The molecule has 3 nitrogen and oxygen atoms in total. The molecule has 1 aromatic carbocycles. The summed E-state index contributed by atoms with van der Waals surface area (Å²) in [6.45, 7) is 3.98. The molecule has 6 heteroatoms. The summed E-state index contributed by atoms with van der Waals surface area (Å²) in [5, 5.41) is 19.4. The molecule has 0 aromatic heterocycles. The van der Waals surface area contributed by atoms with Crippen molar-refractivity contribution in [2.24, 2.45) is 5.92 Å². The summed E-state index contributed by atoms with van der Waals surface area (Å²) >= 11 is 0. The topological polar surface area (TPSA) is 57.5 Å². The van der Waals surface area contributed by atoms with E-state index in [0.717, 1.165) is 18.6 Å². The fraction of sp³-hybridized carbons (Fsp3) is 0.500. The summed E-state index contributed by atoms with van der Waals surface area (Å²) in [6, 6.07) is 1.79. The zero-order valence-electron chi connectivity index (χ0n) is 11.3. The van der Waals surface area contributed by atoms with Gasteiger partial charge in [-0.15, -0.1) is 0 Å². The molecule has 0 radical (unpaired) electrons. The van der Waals surface area contributed by atoms with Crippen LogP contribution >= 0.6 is 0 Å². The number of alkyl halides is 3. The predicted octanol–water partition coefficient (Wildman–Crippen LogP) is 3.82. The number of hydrogen-bond donors (Lipinski definition) is 2. The van der Waals surface area contributed by atoms with Crippen molar-refractivity contribution < 1.29 is 28.2 Å². The molecule has 0 amide bonds. The molecular weight excluding hydrogens is 273 g/mol. The number of benzene rings is 1. The number of ketones is 1. The molecule has 0 atom stereocenters. The molecule has 112 valence electrons. The van der Waals surface area contributed by atoms with Gasteiger partial charge in [0.1, 0.15) is 11.5 Å². The smallest absolute Gasteiger partial charge is 0.455 e. The van der Waals surface area contributed by atoms with E-state index in [9.17, 15) is 28.2 Å². The van der Waals surface area contributed by atoms with Gasteiger partial charge in [0.05, 0.1) is 5.56 Å². The number of hydrogen-bond acceptors (Lipinski definition) is 3. The van der Waals surface area contributed by atoms with Gasteiger partial charge in [0.25, 0.3) is 5.78 Å². The molecule has 0 fully saturated rings. The first-order valence-electron chi connectivity index (χ1n) is 6.30. The number of carbonyl (C=O) groups excluding carboxylic acids is 1. The van der Waals surface area contributed by atoms with E-state index >= 15 is 0 Å². The van der Waals surface area contributed by atoms with Crippen molar-refractivity contribution in [1.82, 2.24) is 0 Å². The molecule has 0 bridgehead atoms. The molecule has 1 rings (SSSR count). The lowest BCUT2D eigenvalue weighted by molar-refractivity contribution is -0.0886. The third-order valence-electron chi connectivity index (χ3n) is 2.97. The number of phenolic OH excluding ortho intramolecular Hbond substituents is 2. The van der Waals surface area contributed by atoms with Crippen LogP contribution in [0.1, 0.15) is 42.6 Å². The highest BCUT2D eigenvalue weighted by atomic mass is 19.4. The lowest BCUT2D eigenvalue weighted by atomic mass is 9.97. The van der Waals surface area contributed by atoms with Gasteiger partial charge in [-0.05, 0) is 30.9 Å². The zero-order chi connectivity index (χ0) is 15.5. The summed E-state index contributed by atoms with van der Waals surface area (Å²) in [6.07, 6.45) is -3.43. The van der Waals surface area contributed by atoms with Crippen LogP contribution in [0, 0.1) is 5.92 Å². The highest BCUT2D eigenvalue weighted by Gasteiger charge is 2.41.